The molecule has 1 N–H and O–H groups in total. The predicted molar refractivity (Wildman–Crippen MR) is 60.2 cm³/mol. The second kappa shape index (κ2) is 4.33. The number of methoxy groups -OCH3 is 1. The van der Waals surface area contributed by atoms with Crippen LogP contribution >= 0.6 is 0 Å². The van der Waals surface area contributed by atoms with Crippen LogP contribution < -0.4 is 15.0 Å². The van der Waals surface area contributed by atoms with Gasteiger partial charge in [-0.2, -0.15) is 0 Å². The fraction of sp³-hybridized carbons (Fsp3) is 0.455. The summed E-state index contributed by atoms with van der Waals surface area (Å²) in [6, 6.07) is 8.25. The standard InChI is InChI=1S/C11H16N2O.H2/c1-14-11-4-2-10(3-5-11)13-8-6-12-7-9-13;/h2-5,12H,6-9H2,1H3;1H. The van der Waals surface area contributed by atoms with Crippen LogP contribution in [-0.2, 0) is 0 Å². The van der Waals surface area contributed by atoms with Gasteiger partial charge in [-0.15, -0.1) is 0 Å². The minimum absolute atomic E-state index is 0. The quantitative estimate of drug-likeness (QED) is 0.769. The first-order chi connectivity index (χ1) is 6.90. The molecule has 1 aromatic rings. The molecule has 1 aromatic carbocycles. The minimum atomic E-state index is 0. The summed E-state index contributed by atoms with van der Waals surface area (Å²) < 4.78 is 5.13. The zero-order valence-corrected chi connectivity index (χ0v) is 8.49. The van der Waals surface area contributed by atoms with Crippen molar-refractivity contribution in [2.24, 2.45) is 0 Å². The van der Waals surface area contributed by atoms with Gasteiger partial charge in [-0.3, -0.25) is 0 Å². The third kappa shape index (κ3) is 1.99. The number of ether oxygens (including phenoxy) is 1. The molecular formula is C11H18N2O. The van der Waals surface area contributed by atoms with Crippen molar-refractivity contribution in [2.75, 3.05) is 38.2 Å². The van der Waals surface area contributed by atoms with Gasteiger partial charge in [0.05, 0.1) is 7.11 Å². The number of benzene rings is 1. The van der Waals surface area contributed by atoms with E-state index in [1.165, 1.54) is 5.69 Å². The van der Waals surface area contributed by atoms with E-state index in [1.807, 2.05) is 12.1 Å². The van der Waals surface area contributed by atoms with Crippen LogP contribution in [-0.4, -0.2) is 33.3 Å². The van der Waals surface area contributed by atoms with Crippen LogP contribution in [0.25, 0.3) is 0 Å². The van der Waals surface area contributed by atoms with Gasteiger partial charge < -0.3 is 15.0 Å². The zero-order valence-electron chi connectivity index (χ0n) is 8.49. The van der Waals surface area contributed by atoms with E-state index >= 15 is 0 Å². The zero-order chi connectivity index (χ0) is 9.80. The second-order valence-electron chi connectivity index (χ2n) is 3.44. The summed E-state index contributed by atoms with van der Waals surface area (Å²) in [5.41, 5.74) is 1.28. The molecule has 2 rings (SSSR count). The molecule has 0 spiro atoms. The maximum Gasteiger partial charge on any atom is 0.119 e. The maximum atomic E-state index is 5.13. The van der Waals surface area contributed by atoms with Crippen molar-refractivity contribution in [2.45, 2.75) is 0 Å². The number of nitrogens with one attached hydrogen (secondary N) is 1. The number of nitrogens with zero attached hydrogens (tertiary/aromatic N) is 1. The molecule has 1 aliphatic heterocycles. The third-order valence-corrected chi connectivity index (χ3v) is 2.55. The molecule has 0 radical (unpaired) electrons. The molecule has 1 aliphatic rings. The SMILES string of the molecule is COc1ccc(N2CCNCC2)cc1.[HH]. The van der Waals surface area contributed by atoms with Crippen LogP contribution in [0.1, 0.15) is 1.43 Å². The van der Waals surface area contributed by atoms with Gasteiger partial charge in [0, 0.05) is 33.3 Å². The molecule has 0 aliphatic carbocycles. The van der Waals surface area contributed by atoms with Gasteiger partial charge in [-0.25, -0.2) is 0 Å². The second-order valence-corrected chi connectivity index (χ2v) is 3.44. The molecule has 0 saturated carbocycles. The van der Waals surface area contributed by atoms with Crippen molar-refractivity contribution in [3.8, 4) is 5.75 Å². The molecule has 0 amide bonds. The topological polar surface area (TPSA) is 24.5 Å². The first-order valence-corrected chi connectivity index (χ1v) is 5.00. The number of piperazine rings is 1. The fourth-order valence-corrected chi connectivity index (χ4v) is 1.72. The summed E-state index contributed by atoms with van der Waals surface area (Å²) in [7, 11) is 1.69. The Morgan fingerprint density at radius 1 is 1.21 bits per heavy atom. The van der Waals surface area contributed by atoms with Gasteiger partial charge in [-0.05, 0) is 24.3 Å². The Balaban J connectivity index is 0.00000112. The fourth-order valence-electron chi connectivity index (χ4n) is 1.72. The Kier molecular flexibility index (Phi) is 2.89. The predicted octanol–water partition coefficient (Wildman–Crippen LogP) is 1.35. The summed E-state index contributed by atoms with van der Waals surface area (Å²) >= 11 is 0. The van der Waals surface area contributed by atoms with Gasteiger partial charge in [-0.1, -0.05) is 0 Å². The Hall–Kier alpha value is -1.22. The van der Waals surface area contributed by atoms with Gasteiger partial charge in [0.1, 0.15) is 5.75 Å². The van der Waals surface area contributed by atoms with Crippen molar-refractivity contribution in [1.82, 2.24) is 5.32 Å². The number of hydrogen-bond donors (Lipinski definition) is 1. The molecule has 0 unspecified atom stereocenters. The van der Waals surface area contributed by atoms with E-state index < -0.39 is 0 Å². The minimum Gasteiger partial charge on any atom is -0.497 e. The smallest absolute Gasteiger partial charge is 0.119 e. The van der Waals surface area contributed by atoms with Crippen LogP contribution in [0.4, 0.5) is 5.69 Å². The van der Waals surface area contributed by atoms with Crippen LogP contribution in [0.3, 0.4) is 0 Å². The largest absolute Gasteiger partial charge is 0.497 e. The van der Waals surface area contributed by atoms with E-state index in [0.717, 1.165) is 31.9 Å². The van der Waals surface area contributed by atoms with E-state index in [1.54, 1.807) is 7.11 Å². The molecule has 78 valence electrons. The Morgan fingerprint density at radius 3 is 2.43 bits per heavy atom. The lowest BCUT2D eigenvalue weighted by Crippen LogP contribution is -2.43. The first-order valence-electron chi connectivity index (χ1n) is 5.00. The highest BCUT2D eigenvalue weighted by Crippen LogP contribution is 2.19. The molecular weight excluding hydrogens is 176 g/mol. The van der Waals surface area contributed by atoms with Gasteiger partial charge in [0.2, 0.25) is 0 Å². The summed E-state index contributed by atoms with van der Waals surface area (Å²) in [5, 5.41) is 3.34. The molecule has 0 aromatic heterocycles. The molecule has 1 saturated heterocycles. The maximum absolute atomic E-state index is 5.13. The average molecular weight is 194 g/mol. The van der Waals surface area contributed by atoms with Crippen molar-refractivity contribution in [3.05, 3.63) is 24.3 Å². The summed E-state index contributed by atoms with van der Waals surface area (Å²) in [4.78, 5) is 2.38. The lowest BCUT2D eigenvalue weighted by molar-refractivity contribution is 0.415. The van der Waals surface area contributed by atoms with Gasteiger partial charge in [0.25, 0.3) is 0 Å². The van der Waals surface area contributed by atoms with E-state index in [0.29, 0.717) is 0 Å². The average Bonchev–Trinajstić information content (AvgIpc) is 2.30. The van der Waals surface area contributed by atoms with Crippen molar-refractivity contribution < 1.29 is 6.16 Å². The molecule has 1 heterocycles. The molecule has 14 heavy (non-hydrogen) atoms. The number of hydrogen-bond acceptors (Lipinski definition) is 3. The Morgan fingerprint density at radius 2 is 1.86 bits per heavy atom. The Labute approximate surface area is 86.2 Å². The number of anilines is 1. The highest BCUT2D eigenvalue weighted by Gasteiger charge is 2.09. The third-order valence-electron chi connectivity index (χ3n) is 2.55. The summed E-state index contributed by atoms with van der Waals surface area (Å²) in [6.07, 6.45) is 0. The molecule has 0 atom stereocenters. The van der Waals surface area contributed by atoms with E-state index in [4.69, 9.17) is 4.74 Å². The highest BCUT2D eigenvalue weighted by molar-refractivity contribution is 5.49. The van der Waals surface area contributed by atoms with Crippen molar-refractivity contribution >= 4 is 5.69 Å². The van der Waals surface area contributed by atoms with Crippen LogP contribution in [0.15, 0.2) is 24.3 Å². The lowest BCUT2D eigenvalue weighted by atomic mass is 10.2. The Bertz CT molecular complexity index is 283. The molecule has 3 nitrogen and oxygen atoms in total. The van der Waals surface area contributed by atoms with Crippen molar-refractivity contribution in [1.29, 1.82) is 0 Å². The normalized spacial score (nSPS) is 16.8. The number of rotatable bonds is 2. The van der Waals surface area contributed by atoms with Crippen molar-refractivity contribution in [3.63, 3.8) is 0 Å². The molecule has 3 heteroatoms. The van der Waals surface area contributed by atoms with Gasteiger partial charge in [0.15, 0.2) is 0 Å². The van der Waals surface area contributed by atoms with E-state index in [9.17, 15) is 0 Å². The van der Waals surface area contributed by atoms with Gasteiger partial charge >= 0.3 is 0 Å². The summed E-state index contributed by atoms with van der Waals surface area (Å²) in [5.74, 6) is 0.920. The van der Waals surface area contributed by atoms with Crippen LogP contribution in [0.5, 0.6) is 5.75 Å². The highest BCUT2D eigenvalue weighted by atomic mass is 16.5. The molecule has 0 bridgehead atoms. The van der Waals surface area contributed by atoms with E-state index in [2.05, 4.69) is 22.3 Å². The summed E-state index contributed by atoms with van der Waals surface area (Å²) in [6.45, 7) is 4.33. The molecule has 1 fully saturated rings. The van der Waals surface area contributed by atoms with Crippen LogP contribution in [0, 0.1) is 0 Å². The monoisotopic (exact) mass is 194 g/mol. The van der Waals surface area contributed by atoms with E-state index in [-0.39, 0.29) is 1.43 Å². The van der Waals surface area contributed by atoms with Crippen LogP contribution in [0.2, 0.25) is 0 Å². The first kappa shape index (κ1) is 9.34. The lowest BCUT2D eigenvalue weighted by Gasteiger charge is -2.29.